The van der Waals surface area contributed by atoms with Gasteiger partial charge in [-0.2, -0.15) is 0 Å². The highest BCUT2D eigenvalue weighted by atomic mass is 31.2. The molecule has 0 bridgehead atoms. The van der Waals surface area contributed by atoms with Gasteiger partial charge in [-0.3, -0.25) is 0 Å². The summed E-state index contributed by atoms with van der Waals surface area (Å²) >= 11 is 0. The van der Waals surface area contributed by atoms with E-state index in [1.165, 1.54) is 0 Å². The second kappa shape index (κ2) is 6.87. The zero-order valence-corrected chi connectivity index (χ0v) is 16.0. The normalized spacial score (nSPS) is 21.6. The number of hydrogen-bond acceptors (Lipinski definition) is 2. The second-order valence-corrected chi connectivity index (χ2v) is 13.3. The summed E-state index contributed by atoms with van der Waals surface area (Å²) < 4.78 is 27.4. The molecule has 0 N–H and O–H groups in total. The molecule has 0 heterocycles. The Morgan fingerprint density at radius 2 is 1.33 bits per heavy atom. The van der Waals surface area contributed by atoms with Crippen LogP contribution in [-0.4, -0.2) is 24.6 Å². The van der Waals surface area contributed by atoms with Gasteiger partial charge in [-0.1, -0.05) is 72.8 Å². The Labute approximate surface area is 144 Å². The lowest BCUT2D eigenvalue weighted by Gasteiger charge is -2.37. The van der Waals surface area contributed by atoms with E-state index in [0.29, 0.717) is 0 Å². The van der Waals surface area contributed by atoms with Crippen LogP contribution in [0.3, 0.4) is 0 Å². The van der Waals surface area contributed by atoms with Gasteiger partial charge in [0.25, 0.3) is 0 Å². The maximum atomic E-state index is 14.5. The molecule has 0 unspecified atom stereocenters. The van der Waals surface area contributed by atoms with Gasteiger partial charge < -0.3 is 9.13 Å². The molecule has 1 aliphatic carbocycles. The molecule has 1 aliphatic rings. The number of allylic oxidation sites excluding steroid dienone is 2. The zero-order valence-electron chi connectivity index (χ0n) is 14.2. The minimum absolute atomic E-state index is 0.104. The van der Waals surface area contributed by atoms with Crippen molar-refractivity contribution >= 4 is 24.9 Å². The van der Waals surface area contributed by atoms with Gasteiger partial charge in [0.15, 0.2) is 0 Å². The van der Waals surface area contributed by atoms with E-state index in [1.54, 1.807) is 0 Å². The fourth-order valence-corrected chi connectivity index (χ4v) is 10.0. The summed E-state index contributed by atoms with van der Waals surface area (Å²) in [4.78, 5) is 0. The molecule has 2 nitrogen and oxygen atoms in total. The van der Waals surface area contributed by atoms with E-state index in [-0.39, 0.29) is 11.3 Å². The maximum absolute atomic E-state index is 14.5. The van der Waals surface area contributed by atoms with Crippen LogP contribution in [0, 0.1) is 0 Å². The Morgan fingerprint density at radius 3 is 1.79 bits per heavy atom. The van der Waals surface area contributed by atoms with Crippen LogP contribution in [0.2, 0.25) is 0 Å². The summed E-state index contributed by atoms with van der Waals surface area (Å²) in [6.45, 7) is 3.64. The summed E-state index contributed by atoms with van der Waals surface area (Å²) in [5.74, 6) is 0. The Morgan fingerprint density at radius 1 is 0.833 bits per heavy atom. The average Bonchev–Trinajstić information content (AvgIpc) is 2.62. The van der Waals surface area contributed by atoms with E-state index >= 15 is 0 Å². The van der Waals surface area contributed by atoms with Crippen LogP contribution in [0.5, 0.6) is 0 Å². The summed E-state index contributed by atoms with van der Waals surface area (Å²) in [5, 5.41) is 1.74. The Balaban J connectivity index is 2.21. The van der Waals surface area contributed by atoms with Crippen LogP contribution >= 0.6 is 14.3 Å². The van der Waals surface area contributed by atoms with Crippen LogP contribution in [0.25, 0.3) is 0 Å². The molecular weight excluding hydrogens is 334 g/mol. The highest BCUT2D eigenvalue weighted by Crippen LogP contribution is 2.60. The molecule has 24 heavy (non-hydrogen) atoms. The quantitative estimate of drug-likeness (QED) is 0.586. The van der Waals surface area contributed by atoms with Crippen molar-refractivity contribution in [1.29, 1.82) is 0 Å². The summed E-state index contributed by atoms with van der Waals surface area (Å²) in [5.41, 5.74) is -0.231. The van der Waals surface area contributed by atoms with Crippen LogP contribution in [0.1, 0.15) is 12.8 Å². The predicted octanol–water partition coefficient (Wildman–Crippen LogP) is 4.71. The van der Waals surface area contributed by atoms with Gasteiger partial charge in [0, 0.05) is 21.9 Å². The first kappa shape index (κ1) is 17.5. The first-order valence-electron chi connectivity index (χ1n) is 8.36. The van der Waals surface area contributed by atoms with Crippen LogP contribution in [0.4, 0.5) is 0 Å². The third-order valence-electron chi connectivity index (χ3n) is 4.82. The minimum Gasteiger partial charge on any atom is -0.323 e. The van der Waals surface area contributed by atoms with Crippen molar-refractivity contribution in [3.8, 4) is 0 Å². The van der Waals surface area contributed by atoms with E-state index in [9.17, 15) is 9.13 Å². The summed E-state index contributed by atoms with van der Waals surface area (Å²) in [6.07, 6.45) is 5.85. The van der Waals surface area contributed by atoms with Crippen LogP contribution in [0.15, 0.2) is 72.8 Å². The summed E-state index contributed by atoms with van der Waals surface area (Å²) in [7, 11) is -5.27. The molecule has 2 atom stereocenters. The average molecular weight is 358 g/mol. The van der Waals surface area contributed by atoms with Crippen molar-refractivity contribution in [2.45, 2.75) is 24.2 Å². The SMILES string of the molecule is CP(C)(=O)[C@@H]1C=CCC[C@H]1P(=O)(c1ccccc1)c1ccccc1. The zero-order chi connectivity index (χ0) is 17.2. The van der Waals surface area contributed by atoms with Gasteiger partial charge in [-0.15, -0.1) is 0 Å². The third-order valence-corrected chi connectivity index (χ3v) is 10.7. The standard InChI is InChI=1S/C20H24O2P2/c1-23(2,21)19-15-9-10-16-20(19)24(22,17-11-5-3-6-12-17)18-13-7-4-8-14-18/h3-9,11-15,19-20H,10,16H2,1-2H3/t19-,20-/m1/s1. The van der Waals surface area contributed by atoms with Gasteiger partial charge >= 0.3 is 0 Å². The van der Waals surface area contributed by atoms with Crippen LogP contribution in [-0.2, 0) is 9.13 Å². The Kier molecular flexibility index (Phi) is 5.00. The van der Waals surface area contributed by atoms with Crippen molar-refractivity contribution < 1.29 is 9.13 Å². The Bertz CT molecular complexity index is 763. The monoisotopic (exact) mass is 358 g/mol. The molecule has 0 fully saturated rings. The minimum atomic E-state index is -2.88. The second-order valence-electron chi connectivity index (χ2n) is 6.83. The molecule has 0 aliphatic heterocycles. The highest BCUT2D eigenvalue weighted by Gasteiger charge is 2.44. The van der Waals surface area contributed by atoms with E-state index in [0.717, 1.165) is 23.5 Å². The summed E-state index contributed by atoms with van der Waals surface area (Å²) in [6, 6.07) is 19.5. The highest BCUT2D eigenvalue weighted by molar-refractivity contribution is 7.80. The molecular formula is C20H24O2P2. The topological polar surface area (TPSA) is 34.1 Å². The first-order chi connectivity index (χ1) is 11.4. The molecule has 0 saturated carbocycles. The van der Waals surface area contributed by atoms with Crippen LogP contribution < -0.4 is 10.6 Å². The van der Waals surface area contributed by atoms with Gasteiger partial charge in [0.05, 0.1) is 7.14 Å². The van der Waals surface area contributed by atoms with E-state index in [2.05, 4.69) is 6.08 Å². The van der Waals surface area contributed by atoms with Gasteiger partial charge in [0.1, 0.15) is 7.14 Å². The van der Waals surface area contributed by atoms with Gasteiger partial charge in [-0.05, 0) is 26.2 Å². The Hall–Kier alpha value is -1.36. The molecule has 4 heteroatoms. The lowest BCUT2D eigenvalue weighted by molar-refractivity contribution is 0.554. The van der Waals surface area contributed by atoms with Crippen molar-refractivity contribution in [3.05, 3.63) is 72.8 Å². The van der Waals surface area contributed by atoms with Crippen molar-refractivity contribution in [1.82, 2.24) is 0 Å². The lowest BCUT2D eigenvalue weighted by Crippen LogP contribution is -2.35. The smallest absolute Gasteiger partial charge is 0.147 e. The van der Waals surface area contributed by atoms with Crippen molar-refractivity contribution in [2.75, 3.05) is 13.3 Å². The molecule has 2 aromatic carbocycles. The van der Waals surface area contributed by atoms with Gasteiger partial charge in [0.2, 0.25) is 0 Å². The van der Waals surface area contributed by atoms with E-state index < -0.39 is 14.3 Å². The molecule has 126 valence electrons. The fraction of sp³-hybridized carbons (Fsp3) is 0.300. The van der Waals surface area contributed by atoms with Crippen molar-refractivity contribution in [2.24, 2.45) is 0 Å². The van der Waals surface area contributed by atoms with E-state index in [4.69, 9.17) is 0 Å². The van der Waals surface area contributed by atoms with Gasteiger partial charge in [-0.25, -0.2) is 0 Å². The molecule has 0 radical (unpaired) electrons. The van der Waals surface area contributed by atoms with Crippen molar-refractivity contribution in [3.63, 3.8) is 0 Å². The number of rotatable bonds is 4. The predicted molar refractivity (Wildman–Crippen MR) is 105 cm³/mol. The first-order valence-corrected chi connectivity index (χ1v) is 12.8. The third kappa shape index (κ3) is 3.23. The molecule has 3 rings (SSSR count). The number of hydrogen-bond donors (Lipinski definition) is 0. The molecule has 0 spiro atoms. The lowest BCUT2D eigenvalue weighted by atomic mass is 10.1. The molecule has 0 saturated heterocycles. The number of benzene rings is 2. The van der Waals surface area contributed by atoms with E-state index in [1.807, 2.05) is 80.1 Å². The maximum Gasteiger partial charge on any atom is 0.147 e. The molecule has 2 aromatic rings. The molecule has 0 amide bonds. The fourth-order valence-electron chi connectivity index (χ4n) is 3.65. The molecule has 0 aromatic heterocycles. The largest absolute Gasteiger partial charge is 0.323 e.